The number of furan rings is 1. The summed E-state index contributed by atoms with van der Waals surface area (Å²) in [5, 5.41) is 2.94. The van der Waals surface area contributed by atoms with Gasteiger partial charge in [0.2, 0.25) is 5.91 Å². The molecule has 0 saturated carbocycles. The predicted molar refractivity (Wildman–Crippen MR) is 72.7 cm³/mol. The Morgan fingerprint density at radius 3 is 3.10 bits per heavy atom. The fraction of sp³-hybridized carbons (Fsp3) is 0.333. The zero-order valence-corrected chi connectivity index (χ0v) is 11.0. The van der Waals surface area contributed by atoms with E-state index in [-0.39, 0.29) is 11.8 Å². The number of aromatic nitrogens is 1. The first-order valence-corrected chi connectivity index (χ1v) is 6.68. The van der Waals surface area contributed by atoms with Crippen LogP contribution in [0.4, 0.5) is 0 Å². The molecule has 0 aliphatic carbocycles. The molecule has 0 radical (unpaired) electrons. The van der Waals surface area contributed by atoms with Gasteiger partial charge in [-0.25, -0.2) is 0 Å². The van der Waals surface area contributed by atoms with Gasteiger partial charge in [0.25, 0.3) is 0 Å². The smallest absolute Gasteiger partial charge is 0.225 e. The highest BCUT2D eigenvalue weighted by atomic mass is 16.5. The van der Waals surface area contributed by atoms with Gasteiger partial charge in [-0.15, -0.1) is 0 Å². The third-order valence-corrected chi connectivity index (χ3v) is 3.40. The summed E-state index contributed by atoms with van der Waals surface area (Å²) in [6.07, 6.45) is 4.13. The number of amides is 1. The lowest BCUT2D eigenvalue weighted by molar-refractivity contribution is -0.125. The molecule has 0 bridgehead atoms. The SMILES string of the molecule is O=C(NCc1cccnc1-c1ccco1)[C@@H]1CCOC1. The normalized spacial score (nSPS) is 18.1. The van der Waals surface area contributed by atoms with Crippen LogP contribution in [0.15, 0.2) is 41.1 Å². The van der Waals surface area contributed by atoms with Crippen molar-refractivity contribution in [1.82, 2.24) is 10.3 Å². The fourth-order valence-corrected chi connectivity index (χ4v) is 2.28. The van der Waals surface area contributed by atoms with Crippen LogP contribution in [0, 0.1) is 5.92 Å². The van der Waals surface area contributed by atoms with Crippen LogP contribution in [-0.2, 0) is 16.1 Å². The summed E-state index contributed by atoms with van der Waals surface area (Å²) in [6, 6.07) is 7.48. The molecule has 2 aromatic heterocycles. The minimum Gasteiger partial charge on any atom is -0.463 e. The van der Waals surface area contributed by atoms with Gasteiger partial charge in [0.05, 0.1) is 18.8 Å². The maximum Gasteiger partial charge on any atom is 0.225 e. The molecule has 0 unspecified atom stereocenters. The van der Waals surface area contributed by atoms with E-state index >= 15 is 0 Å². The molecule has 1 aliphatic heterocycles. The van der Waals surface area contributed by atoms with E-state index in [1.807, 2.05) is 24.3 Å². The van der Waals surface area contributed by atoms with Gasteiger partial charge in [-0.1, -0.05) is 6.07 Å². The van der Waals surface area contributed by atoms with E-state index in [4.69, 9.17) is 9.15 Å². The molecule has 1 aliphatic rings. The van der Waals surface area contributed by atoms with Gasteiger partial charge in [0.15, 0.2) is 5.76 Å². The van der Waals surface area contributed by atoms with E-state index in [0.717, 1.165) is 17.7 Å². The molecule has 3 rings (SSSR count). The molecular weight excluding hydrogens is 256 g/mol. The van der Waals surface area contributed by atoms with Crippen LogP contribution in [0.5, 0.6) is 0 Å². The molecule has 1 saturated heterocycles. The third kappa shape index (κ3) is 2.72. The number of nitrogens with one attached hydrogen (secondary N) is 1. The Morgan fingerprint density at radius 1 is 1.40 bits per heavy atom. The highest BCUT2D eigenvalue weighted by molar-refractivity contribution is 5.79. The first kappa shape index (κ1) is 12.9. The zero-order chi connectivity index (χ0) is 13.8. The van der Waals surface area contributed by atoms with Crippen molar-refractivity contribution in [3.63, 3.8) is 0 Å². The van der Waals surface area contributed by atoms with E-state index in [9.17, 15) is 4.79 Å². The lowest BCUT2D eigenvalue weighted by Crippen LogP contribution is -2.30. The lowest BCUT2D eigenvalue weighted by Gasteiger charge is -2.11. The van der Waals surface area contributed by atoms with Crippen LogP contribution < -0.4 is 5.32 Å². The molecule has 1 amide bonds. The van der Waals surface area contributed by atoms with Crippen LogP contribution in [0.3, 0.4) is 0 Å². The van der Waals surface area contributed by atoms with Crippen molar-refractivity contribution in [3.05, 3.63) is 42.3 Å². The standard InChI is InChI=1S/C15H16N2O3/c18-15(12-5-8-19-10-12)17-9-11-3-1-6-16-14(11)13-4-2-7-20-13/h1-4,6-7,12H,5,8-10H2,(H,17,18)/t12-/m1/s1. The number of pyridine rings is 1. The summed E-state index contributed by atoms with van der Waals surface area (Å²) < 4.78 is 10.6. The fourth-order valence-electron chi connectivity index (χ4n) is 2.28. The molecule has 104 valence electrons. The Balaban J connectivity index is 1.70. The van der Waals surface area contributed by atoms with E-state index in [1.54, 1.807) is 12.5 Å². The van der Waals surface area contributed by atoms with Crippen LogP contribution >= 0.6 is 0 Å². The van der Waals surface area contributed by atoms with Crippen LogP contribution in [0.1, 0.15) is 12.0 Å². The number of carbonyl (C=O) groups is 1. The largest absolute Gasteiger partial charge is 0.463 e. The maximum absolute atomic E-state index is 12.0. The Hall–Kier alpha value is -2.14. The third-order valence-electron chi connectivity index (χ3n) is 3.40. The average Bonchev–Trinajstić information content (AvgIpc) is 3.17. The summed E-state index contributed by atoms with van der Waals surface area (Å²) in [5.74, 6) is 0.717. The van der Waals surface area contributed by atoms with E-state index < -0.39 is 0 Å². The predicted octanol–water partition coefficient (Wildman–Crippen LogP) is 1.99. The second-order valence-corrected chi connectivity index (χ2v) is 4.77. The van der Waals surface area contributed by atoms with Gasteiger partial charge in [-0.3, -0.25) is 9.78 Å². The van der Waals surface area contributed by atoms with Crippen molar-refractivity contribution in [2.45, 2.75) is 13.0 Å². The Labute approximate surface area is 117 Å². The van der Waals surface area contributed by atoms with E-state index in [0.29, 0.717) is 25.5 Å². The number of ether oxygens (including phenoxy) is 1. The van der Waals surface area contributed by atoms with Crippen molar-refractivity contribution < 1.29 is 13.9 Å². The minimum absolute atomic E-state index is 0.0289. The molecule has 0 aromatic carbocycles. The second kappa shape index (κ2) is 5.88. The molecule has 0 spiro atoms. The first-order valence-electron chi connectivity index (χ1n) is 6.68. The van der Waals surface area contributed by atoms with Gasteiger partial charge < -0.3 is 14.5 Å². The number of rotatable bonds is 4. The number of hydrogen-bond donors (Lipinski definition) is 1. The molecular formula is C15H16N2O3. The topological polar surface area (TPSA) is 64.4 Å². The Bertz CT molecular complexity index is 575. The van der Waals surface area contributed by atoms with Crippen LogP contribution in [0.2, 0.25) is 0 Å². The van der Waals surface area contributed by atoms with Gasteiger partial charge in [-0.2, -0.15) is 0 Å². The summed E-state index contributed by atoms with van der Waals surface area (Å²) in [4.78, 5) is 16.3. The highest BCUT2D eigenvalue weighted by Gasteiger charge is 2.23. The quantitative estimate of drug-likeness (QED) is 0.924. The summed E-state index contributed by atoms with van der Waals surface area (Å²) in [5.41, 5.74) is 1.70. The van der Waals surface area contributed by atoms with Crippen molar-refractivity contribution in [2.24, 2.45) is 5.92 Å². The van der Waals surface area contributed by atoms with Crippen molar-refractivity contribution in [1.29, 1.82) is 0 Å². The van der Waals surface area contributed by atoms with Gasteiger partial charge >= 0.3 is 0 Å². The van der Waals surface area contributed by atoms with Crippen LogP contribution in [0.25, 0.3) is 11.5 Å². The molecule has 3 heterocycles. The van der Waals surface area contributed by atoms with Crippen molar-refractivity contribution in [3.8, 4) is 11.5 Å². The highest BCUT2D eigenvalue weighted by Crippen LogP contribution is 2.21. The number of nitrogens with zero attached hydrogens (tertiary/aromatic N) is 1. The van der Waals surface area contributed by atoms with Crippen molar-refractivity contribution >= 4 is 5.91 Å². The van der Waals surface area contributed by atoms with E-state index in [1.165, 1.54) is 0 Å². The van der Waals surface area contributed by atoms with E-state index in [2.05, 4.69) is 10.3 Å². The molecule has 2 aromatic rings. The molecule has 20 heavy (non-hydrogen) atoms. The first-order chi connectivity index (χ1) is 9.84. The minimum atomic E-state index is -0.0289. The lowest BCUT2D eigenvalue weighted by atomic mass is 10.1. The van der Waals surface area contributed by atoms with Gasteiger partial charge in [-0.05, 0) is 24.6 Å². The van der Waals surface area contributed by atoms with Crippen LogP contribution in [-0.4, -0.2) is 24.1 Å². The maximum atomic E-state index is 12.0. The summed E-state index contributed by atoms with van der Waals surface area (Å²) in [7, 11) is 0. The Morgan fingerprint density at radius 2 is 2.35 bits per heavy atom. The molecule has 1 fully saturated rings. The average molecular weight is 272 g/mol. The second-order valence-electron chi connectivity index (χ2n) is 4.77. The van der Waals surface area contributed by atoms with Gasteiger partial charge in [0, 0.05) is 24.9 Å². The molecule has 1 N–H and O–H groups in total. The Kier molecular flexibility index (Phi) is 3.78. The van der Waals surface area contributed by atoms with Crippen molar-refractivity contribution in [2.75, 3.05) is 13.2 Å². The molecule has 5 nitrogen and oxygen atoms in total. The number of hydrogen-bond acceptors (Lipinski definition) is 4. The monoisotopic (exact) mass is 272 g/mol. The summed E-state index contributed by atoms with van der Waals surface area (Å²) in [6.45, 7) is 1.63. The molecule has 1 atom stereocenters. The number of carbonyl (C=O) groups excluding carboxylic acids is 1. The summed E-state index contributed by atoms with van der Waals surface area (Å²) >= 11 is 0. The molecule has 5 heteroatoms. The van der Waals surface area contributed by atoms with Gasteiger partial charge in [0.1, 0.15) is 5.69 Å². The zero-order valence-electron chi connectivity index (χ0n) is 11.0.